The van der Waals surface area contributed by atoms with E-state index in [1.54, 1.807) is 0 Å². The maximum absolute atomic E-state index is 5.46. The standard InChI is InChI=1S/C12H15N3O/c1-3-9-7-13-15-12(9)11(5-1)14-10-4-2-6-16-8-10/h1,3,5,7,10,14H,2,4,6,8H2,(H,13,15). The lowest BCUT2D eigenvalue weighted by Gasteiger charge is -2.24. The van der Waals surface area contributed by atoms with Crippen molar-refractivity contribution in [2.24, 2.45) is 0 Å². The minimum Gasteiger partial charge on any atom is -0.379 e. The summed E-state index contributed by atoms with van der Waals surface area (Å²) in [6.45, 7) is 1.69. The molecule has 1 aliphatic heterocycles. The Morgan fingerprint density at radius 3 is 3.31 bits per heavy atom. The summed E-state index contributed by atoms with van der Waals surface area (Å²) in [5.74, 6) is 0. The Labute approximate surface area is 94.0 Å². The van der Waals surface area contributed by atoms with Gasteiger partial charge in [0.2, 0.25) is 0 Å². The molecule has 4 heteroatoms. The fourth-order valence-electron chi connectivity index (χ4n) is 2.16. The molecule has 84 valence electrons. The molecule has 0 spiro atoms. The molecular formula is C12H15N3O. The number of aromatic nitrogens is 2. The van der Waals surface area contributed by atoms with Gasteiger partial charge in [-0.25, -0.2) is 0 Å². The monoisotopic (exact) mass is 217 g/mol. The summed E-state index contributed by atoms with van der Waals surface area (Å²) in [4.78, 5) is 0. The molecule has 3 rings (SSSR count). The van der Waals surface area contributed by atoms with E-state index in [2.05, 4.69) is 27.6 Å². The lowest BCUT2D eigenvalue weighted by Crippen LogP contribution is -2.30. The first-order chi connectivity index (χ1) is 7.93. The predicted molar refractivity (Wildman–Crippen MR) is 63.6 cm³/mol. The molecule has 1 fully saturated rings. The molecule has 2 aromatic rings. The number of ether oxygens (including phenoxy) is 1. The third kappa shape index (κ3) is 1.76. The van der Waals surface area contributed by atoms with Gasteiger partial charge in [0.25, 0.3) is 0 Å². The molecule has 2 N–H and O–H groups in total. The van der Waals surface area contributed by atoms with Crippen LogP contribution in [-0.2, 0) is 4.74 Å². The first kappa shape index (κ1) is 9.66. The zero-order valence-electron chi connectivity index (χ0n) is 9.07. The van der Waals surface area contributed by atoms with Crippen LogP contribution in [0.15, 0.2) is 24.4 Å². The van der Waals surface area contributed by atoms with Crippen molar-refractivity contribution >= 4 is 16.6 Å². The predicted octanol–water partition coefficient (Wildman–Crippen LogP) is 2.15. The fraction of sp³-hybridized carbons (Fsp3) is 0.417. The molecule has 2 heterocycles. The Morgan fingerprint density at radius 1 is 1.44 bits per heavy atom. The minimum absolute atomic E-state index is 0.419. The van der Waals surface area contributed by atoms with E-state index in [1.165, 1.54) is 6.42 Å². The Bertz CT molecular complexity index is 474. The van der Waals surface area contributed by atoms with Crippen LogP contribution in [0.5, 0.6) is 0 Å². The molecule has 0 aliphatic carbocycles. The number of H-pyrrole nitrogens is 1. The van der Waals surface area contributed by atoms with Crippen LogP contribution >= 0.6 is 0 Å². The highest BCUT2D eigenvalue weighted by molar-refractivity contribution is 5.89. The second-order valence-electron chi connectivity index (χ2n) is 4.20. The Morgan fingerprint density at radius 2 is 2.44 bits per heavy atom. The molecule has 0 bridgehead atoms. The van der Waals surface area contributed by atoms with E-state index in [4.69, 9.17) is 4.74 Å². The number of nitrogens with one attached hydrogen (secondary N) is 2. The second-order valence-corrected chi connectivity index (χ2v) is 4.20. The van der Waals surface area contributed by atoms with Crippen LogP contribution in [0.25, 0.3) is 10.9 Å². The highest BCUT2D eigenvalue weighted by Crippen LogP contribution is 2.22. The van der Waals surface area contributed by atoms with E-state index in [0.717, 1.165) is 36.2 Å². The number of anilines is 1. The van der Waals surface area contributed by atoms with Crippen molar-refractivity contribution in [2.45, 2.75) is 18.9 Å². The maximum atomic E-state index is 5.46. The number of hydrogen-bond acceptors (Lipinski definition) is 3. The van der Waals surface area contributed by atoms with Crippen LogP contribution in [-0.4, -0.2) is 29.5 Å². The van der Waals surface area contributed by atoms with Crippen LogP contribution in [0.3, 0.4) is 0 Å². The van der Waals surface area contributed by atoms with E-state index in [-0.39, 0.29) is 0 Å². The number of rotatable bonds is 2. The average Bonchev–Trinajstić information content (AvgIpc) is 2.80. The summed E-state index contributed by atoms with van der Waals surface area (Å²) < 4.78 is 5.46. The van der Waals surface area contributed by atoms with Crippen LogP contribution < -0.4 is 5.32 Å². The average molecular weight is 217 g/mol. The summed E-state index contributed by atoms with van der Waals surface area (Å²) in [7, 11) is 0. The van der Waals surface area contributed by atoms with E-state index in [9.17, 15) is 0 Å². The first-order valence-electron chi connectivity index (χ1n) is 5.70. The highest BCUT2D eigenvalue weighted by Gasteiger charge is 2.14. The number of para-hydroxylation sites is 1. The van der Waals surface area contributed by atoms with E-state index >= 15 is 0 Å². The molecule has 1 atom stereocenters. The highest BCUT2D eigenvalue weighted by atomic mass is 16.5. The summed E-state index contributed by atoms with van der Waals surface area (Å²) in [5.41, 5.74) is 2.19. The quantitative estimate of drug-likeness (QED) is 0.810. The minimum atomic E-state index is 0.419. The van der Waals surface area contributed by atoms with Crippen LogP contribution in [0.1, 0.15) is 12.8 Å². The van der Waals surface area contributed by atoms with Gasteiger partial charge in [0, 0.05) is 18.0 Å². The van der Waals surface area contributed by atoms with Crippen molar-refractivity contribution in [1.82, 2.24) is 10.2 Å². The maximum Gasteiger partial charge on any atom is 0.0881 e. The molecule has 4 nitrogen and oxygen atoms in total. The lowest BCUT2D eigenvalue weighted by molar-refractivity contribution is 0.0876. The van der Waals surface area contributed by atoms with Gasteiger partial charge in [-0.15, -0.1) is 0 Å². The van der Waals surface area contributed by atoms with Gasteiger partial charge >= 0.3 is 0 Å². The van der Waals surface area contributed by atoms with Gasteiger partial charge in [0.15, 0.2) is 0 Å². The Kier molecular flexibility index (Phi) is 2.50. The molecule has 1 saturated heterocycles. The van der Waals surface area contributed by atoms with Gasteiger partial charge < -0.3 is 10.1 Å². The van der Waals surface area contributed by atoms with Crippen molar-refractivity contribution < 1.29 is 4.74 Å². The summed E-state index contributed by atoms with van der Waals surface area (Å²) in [5, 5.41) is 11.7. The third-order valence-electron chi connectivity index (χ3n) is 3.00. The van der Waals surface area contributed by atoms with E-state index in [1.807, 2.05) is 12.3 Å². The summed E-state index contributed by atoms with van der Waals surface area (Å²) >= 11 is 0. The zero-order valence-corrected chi connectivity index (χ0v) is 9.07. The Balaban J connectivity index is 1.85. The summed E-state index contributed by atoms with van der Waals surface area (Å²) in [6.07, 6.45) is 4.15. The molecule has 0 radical (unpaired) electrons. The largest absolute Gasteiger partial charge is 0.379 e. The van der Waals surface area contributed by atoms with Crippen LogP contribution in [0, 0.1) is 0 Å². The number of fused-ring (bicyclic) bond motifs is 1. The topological polar surface area (TPSA) is 49.9 Å². The van der Waals surface area contributed by atoms with Gasteiger partial charge in [-0.2, -0.15) is 5.10 Å². The van der Waals surface area contributed by atoms with E-state index in [0.29, 0.717) is 6.04 Å². The van der Waals surface area contributed by atoms with Crippen molar-refractivity contribution in [3.63, 3.8) is 0 Å². The molecule has 1 aromatic heterocycles. The van der Waals surface area contributed by atoms with Gasteiger partial charge in [-0.3, -0.25) is 5.10 Å². The number of benzene rings is 1. The molecule has 1 unspecified atom stereocenters. The normalized spacial score (nSPS) is 21.1. The number of aromatic amines is 1. The van der Waals surface area contributed by atoms with Crippen molar-refractivity contribution in [1.29, 1.82) is 0 Å². The fourth-order valence-corrected chi connectivity index (χ4v) is 2.16. The van der Waals surface area contributed by atoms with Crippen LogP contribution in [0.4, 0.5) is 5.69 Å². The smallest absolute Gasteiger partial charge is 0.0881 e. The zero-order chi connectivity index (χ0) is 10.8. The molecule has 0 saturated carbocycles. The third-order valence-corrected chi connectivity index (χ3v) is 3.00. The first-order valence-corrected chi connectivity index (χ1v) is 5.70. The molecule has 16 heavy (non-hydrogen) atoms. The SMILES string of the molecule is c1cc(NC2CCCOC2)c2[nH]ncc2c1. The van der Waals surface area contributed by atoms with E-state index < -0.39 is 0 Å². The molecule has 1 aromatic carbocycles. The van der Waals surface area contributed by atoms with Crippen molar-refractivity contribution in [3.05, 3.63) is 24.4 Å². The van der Waals surface area contributed by atoms with Crippen molar-refractivity contribution in [3.8, 4) is 0 Å². The second kappa shape index (κ2) is 4.14. The van der Waals surface area contributed by atoms with Crippen molar-refractivity contribution in [2.75, 3.05) is 18.5 Å². The molecule has 0 amide bonds. The number of nitrogens with zero attached hydrogens (tertiary/aromatic N) is 1. The van der Waals surface area contributed by atoms with Gasteiger partial charge in [-0.05, 0) is 18.9 Å². The Hall–Kier alpha value is -1.55. The summed E-state index contributed by atoms with van der Waals surface area (Å²) in [6, 6.07) is 6.60. The number of hydrogen-bond donors (Lipinski definition) is 2. The van der Waals surface area contributed by atoms with Crippen LogP contribution in [0.2, 0.25) is 0 Å². The molecule has 1 aliphatic rings. The van der Waals surface area contributed by atoms with Gasteiger partial charge in [0.05, 0.1) is 24.0 Å². The molecular weight excluding hydrogens is 202 g/mol. The van der Waals surface area contributed by atoms with Gasteiger partial charge in [-0.1, -0.05) is 12.1 Å². The van der Waals surface area contributed by atoms with Gasteiger partial charge in [0.1, 0.15) is 0 Å². The lowest BCUT2D eigenvalue weighted by atomic mass is 10.1.